The van der Waals surface area contributed by atoms with Crippen molar-refractivity contribution in [3.63, 3.8) is 0 Å². The van der Waals surface area contributed by atoms with Crippen molar-refractivity contribution < 1.29 is 14.4 Å². The lowest BCUT2D eigenvalue weighted by Crippen LogP contribution is -2.36. The van der Waals surface area contributed by atoms with Gasteiger partial charge in [0.1, 0.15) is 0 Å². The Balaban J connectivity index is 1.43. The van der Waals surface area contributed by atoms with Crippen molar-refractivity contribution in [1.82, 2.24) is 5.32 Å². The highest BCUT2D eigenvalue weighted by Crippen LogP contribution is 2.36. The zero-order chi connectivity index (χ0) is 22.1. The van der Waals surface area contributed by atoms with Gasteiger partial charge in [-0.15, -0.1) is 0 Å². The molecule has 3 amide bonds. The van der Waals surface area contributed by atoms with Crippen LogP contribution in [0, 0.1) is 0 Å². The highest BCUT2D eigenvalue weighted by atomic mass is 32.2. The van der Waals surface area contributed by atoms with Crippen molar-refractivity contribution in [1.29, 1.82) is 0 Å². The zero-order valence-corrected chi connectivity index (χ0v) is 18.2. The van der Waals surface area contributed by atoms with Gasteiger partial charge in [-0.1, -0.05) is 84.6 Å². The standard InChI is InChI=1S/C26H22N2O3S/c29-23-14-13-20-7-4-8-21(15-22-25(30)27-26(31)32-22)24(20)28(23)16-17-9-11-19(12-10-17)18-5-2-1-3-6-18/h1-12,22H,13-16H2,(H,27,30,31). The minimum absolute atomic E-state index is 0.0803. The number of aryl methyl sites for hydroxylation is 1. The first kappa shape index (κ1) is 20.5. The van der Waals surface area contributed by atoms with E-state index in [1.807, 2.05) is 41.3 Å². The molecular weight excluding hydrogens is 420 g/mol. The maximum atomic E-state index is 12.9. The van der Waals surface area contributed by atoms with Crippen molar-refractivity contribution in [2.45, 2.75) is 31.1 Å². The maximum Gasteiger partial charge on any atom is 0.286 e. The molecule has 0 bridgehead atoms. The molecule has 0 saturated carbocycles. The number of para-hydroxylation sites is 1. The van der Waals surface area contributed by atoms with Crippen LogP contribution in [0.3, 0.4) is 0 Å². The third-order valence-electron chi connectivity index (χ3n) is 5.96. The second-order valence-corrected chi connectivity index (χ2v) is 9.23. The first-order valence-electron chi connectivity index (χ1n) is 10.7. The molecule has 2 heterocycles. The molecule has 3 aromatic carbocycles. The van der Waals surface area contributed by atoms with E-state index in [1.54, 1.807) is 0 Å². The Labute approximate surface area is 190 Å². The van der Waals surface area contributed by atoms with E-state index >= 15 is 0 Å². The van der Waals surface area contributed by atoms with Gasteiger partial charge in [0.25, 0.3) is 5.24 Å². The fourth-order valence-corrected chi connectivity index (χ4v) is 5.22. The quantitative estimate of drug-likeness (QED) is 0.621. The van der Waals surface area contributed by atoms with Crippen LogP contribution >= 0.6 is 11.8 Å². The normalized spacial score (nSPS) is 17.9. The topological polar surface area (TPSA) is 66.5 Å². The summed E-state index contributed by atoms with van der Waals surface area (Å²) in [5, 5.41) is 1.58. The summed E-state index contributed by atoms with van der Waals surface area (Å²) in [6, 6.07) is 24.4. The molecule has 2 aliphatic heterocycles. The molecule has 5 nitrogen and oxygen atoms in total. The number of anilines is 1. The van der Waals surface area contributed by atoms with Gasteiger partial charge < -0.3 is 4.90 Å². The van der Waals surface area contributed by atoms with Crippen molar-refractivity contribution in [3.05, 3.63) is 89.5 Å². The third-order valence-corrected chi connectivity index (χ3v) is 6.94. The second-order valence-electron chi connectivity index (χ2n) is 8.06. The molecule has 0 aromatic heterocycles. The number of amides is 3. The molecule has 5 rings (SSSR count). The smallest absolute Gasteiger partial charge is 0.286 e. The van der Waals surface area contributed by atoms with Gasteiger partial charge in [-0.3, -0.25) is 19.7 Å². The molecule has 0 radical (unpaired) electrons. The molecular formula is C26H22N2O3S. The van der Waals surface area contributed by atoms with E-state index in [4.69, 9.17) is 0 Å². The van der Waals surface area contributed by atoms with Crippen molar-refractivity contribution in [2.24, 2.45) is 0 Å². The zero-order valence-electron chi connectivity index (χ0n) is 17.4. The summed E-state index contributed by atoms with van der Waals surface area (Å²) in [4.78, 5) is 38.5. The number of nitrogens with one attached hydrogen (secondary N) is 1. The lowest BCUT2D eigenvalue weighted by atomic mass is 9.94. The van der Waals surface area contributed by atoms with Gasteiger partial charge in [-0.2, -0.15) is 0 Å². The molecule has 3 aromatic rings. The fourth-order valence-electron chi connectivity index (χ4n) is 4.37. The first-order valence-corrected chi connectivity index (χ1v) is 11.5. The minimum Gasteiger partial charge on any atom is -0.307 e. The van der Waals surface area contributed by atoms with Gasteiger partial charge in [0.15, 0.2) is 0 Å². The third kappa shape index (κ3) is 4.06. The Bertz CT molecular complexity index is 1190. The van der Waals surface area contributed by atoms with E-state index in [9.17, 15) is 14.4 Å². The summed E-state index contributed by atoms with van der Waals surface area (Å²) in [6.45, 7) is 0.473. The SMILES string of the molecule is O=C1NC(=O)C(Cc2cccc3c2N(Cc2ccc(-c4ccccc4)cc2)C(=O)CC3)S1. The van der Waals surface area contributed by atoms with Crippen molar-refractivity contribution in [3.8, 4) is 11.1 Å². The Kier molecular flexibility index (Phi) is 5.53. The number of rotatable bonds is 5. The second kappa shape index (κ2) is 8.63. The Hall–Kier alpha value is -3.38. The summed E-state index contributed by atoms with van der Waals surface area (Å²) in [5.41, 5.74) is 6.26. The van der Waals surface area contributed by atoms with E-state index < -0.39 is 5.25 Å². The summed E-state index contributed by atoms with van der Waals surface area (Å²) in [6.07, 6.45) is 1.58. The molecule has 6 heteroatoms. The van der Waals surface area contributed by atoms with Crippen LogP contribution in [0.1, 0.15) is 23.1 Å². The molecule has 1 unspecified atom stereocenters. The molecule has 0 spiro atoms. The van der Waals surface area contributed by atoms with E-state index in [2.05, 4.69) is 41.7 Å². The summed E-state index contributed by atoms with van der Waals surface area (Å²) >= 11 is 1.02. The van der Waals surface area contributed by atoms with Crippen LogP contribution in [-0.4, -0.2) is 22.3 Å². The van der Waals surface area contributed by atoms with Crippen LogP contribution < -0.4 is 10.2 Å². The van der Waals surface area contributed by atoms with Crippen LogP contribution in [-0.2, 0) is 29.0 Å². The lowest BCUT2D eigenvalue weighted by Gasteiger charge is -2.32. The molecule has 2 aliphatic rings. The number of thioether (sulfide) groups is 1. The van der Waals surface area contributed by atoms with E-state index in [0.717, 1.165) is 45.3 Å². The van der Waals surface area contributed by atoms with Crippen LogP contribution in [0.25, 0.3) is 11.1 Å². The summed E-state index contributed by atoms with van der Waals surface area (Å²) < 4.78 is 0. The number of imide groups is 1. The van der Waals surface area contributed by atoms with Gasteiger partial charge in [0.2, 0.25) is 11.8 Å². The number of fused-ring (bicyclic) bond motifs is 1. The van der Waals surface area contributed by atoms with Gasteiger partial charge in [0.05, 0.1) is 17.5 Å². The number of benzene rings is 3. The van der Waals surface area contributed by atoms with E-state index in [0.29, 0.717) is 25.8 Å². The maximum absolute atomic E-state index is 12.9. The number of hydrogen-bond acceptors (Lipinski definition) is 4. The van der Waals surface area contributed by atoms with Gasteiger partial charge >= 0.3 is 0 Å². The van der Waals surface area contributed by atoms with Crippen LogP contribution in [0.15, 0.2) is 72.8 Å². The summed E-state index contributed by atoms with van der Waals surface area (Å²) in [5.74, 6) is -0.181. The molecule has 1 N–H and O–H groups in total. The predicted octanol–water partition coefficient (Wildman–Crippen LogP) is 4.73. The monoisotopic (exact) mass is 442 g/mol. The van der Waals surface area contributed by atoms with Crippen LogP contribution in [0.4, 0.5) is 10.5 Å². The number of carbonyl (C=O) groups excluding carboxylic acids is 3. The molecule has 32 heavy (non-hydrogen) atoms. The average Bonchev–Trinajstić information content (AvgIpc) is 3.13. The number of carbonyl (C=O) groups is 3. The highest BCUT2D eigenvalue weighted by Gasteiger charge is 2.34. The van der Waals surface area contributed by atoms with Crippen LogP contribution in [0.2, 0.25) is 0 Å². The number of nitrogens with zero attached hydrogens (tertiary/aromatic N) is 1. The number of hydrogen-bond donors (Lipinski definition) is 1. The Morgan fingerprint density at radius 1 is 0.844 bits per heavy atom. The molecule has 1 saturated heterocycles. The van der Waals surface area contributed by atoms with E-state index in [-0.39, 0.29) is 17.1 Å². The van der Waals surface area contributed by atoms with Gasteiger partial charge in [-0.05, 0) is 40.7 Å². The van der Waals surface area contributed by atoms with E-state index in [1.165, 1.54) is 0 Å². The van der Waals surface area contributed by atoms with Crippen molar-refractivity contribution in [2.75, 3.05) is 4.90 Å². The summed E-state index contributed by atoms with van der Waals surface area (Å²) in [7, 11) is 0. The molecule has 0 aliphatic carbocycles. The fraction of sp³-hybridized carbons (Fsp3) is 0.192. The molecule has 1 fully saturated rings. The largest absolute Gasteiger partial charge is 0.307 e. The van der Waals surface area contributed by atoms with Crippen molar-refractivity contribution >= 4 is 34.5 Å². The predicted molar refractivity (Wildman–Crippen MR) is 126 cm³/mol. The Morgan fingerprint density at radius 3 is 2.31 bits per heavy atom. The highest BCUT2D eigenvalue weighted by molar-refractivity contribution is 8.15. The van der Waals surface area contributed by atoms with Gasteiger partial charge in [0, 0.05) is 6.42 Å². The molecule has 1 atom stereocenters. The first-order chi connectivity index (χ1) is 15.6. The average molecular weight is 443 g/mol. The van der Waals surface area contributed by atoms with Crippen LogP contribution in [0.5, 0.6) is 0 Å². The molecule has 160 valence electrons. The Morgan fingerprint density at radius 2 is 1.59 bits per heavy atom. The minimum atomic E-state index is -0.460. The lowest BCUT2D eigenvalue weighted by molar-refractivity contribution is -0.119. The van der Waals surface area contributed by atoms with Gasteiger partial charge in [-0.25, -0.2) is 0 Å².